The minimum atomic E-state index is -1.34. The smallest absolute Gasteiger partial charge is 0.273 e. The van der Waals surface area contributed by atoms with Gasteiger partial charge in [-0.05, 0) is 53.3 Å². The van der Waals surface area contributed by atoms with Crippen LogP contribution >= 0.6 is 0 Å². The van der Waals surface area contributed by atoms with Crippen LogP contribution in [-0.4, -0.2) is 46.7 Å². The average molecular weight is 401 g/mol. The van der Waals surface area contributed by atoms with Crippen LogP contribution in [0.5, 0.6) is 0 Å². The van der Waals surface area contributed by atoms with Crippen LogP contribution in [0.1, 0.15) is 17.5 Å². The van der Waals surface area contributed by atoms with Crippen molar-refractivity contribution in [1.82, 2.24) is 14.8 Å². The second-order valence-electron chi connectivity index (χ2n) is 7.76. The minimum absolute atomic E-state index is 0.235. The summed E-state index contributed by atoms with van der Waals surface area (Å²) in [5, 5.41) is 2.05. The van der Waals surface area contributed by atoms with Gasteiger partial charge in [-0.2, -0.15) is 0 Å². The molecule has 4 amide bonds. The fourth-order valence-electron chi connectivity index (χ4n) is 4.26. The molecule has 1 aliphatic rings. The molecule has 1 aromatic heterocycles. The number of barbiturate groups is 1. The third-order valence-corrected chi connectivity index (χ3v) is 5.96. The number of urea groups is 1. The fraction of sp³-hybridized carbons (Fsp3) is 0.250. The van der Waals surface area contributed by atoms with Crippen molar-refractivity contribution >= 4 is 28.6 Å². The highest BCUT2D eigenvalue weighted by atomic mass is 16.2. The molecule has 0 radical (unpaired) electrons. The minimum Gasteiger partial charge on any atom is -0.273 e. The van der Waals surface area contributed by atoms with E-state index in [0.717, 1.165) is 31.7 Å². The van der Waals surface area contributed by atoms with Gasteiger partial charge in [-0.1, -0.05) is 42.5 Å². The molecule has 6 heteroatoms. The molecule has 4 rings (SSSR count). The Hall–Kier alpha value is -3.54. The molecule has 152 valence electrons. The van der Waals surface area contributed by atoms with Crippen molar-refractivity contribution in [3.05, 3.63) is 78.1 Å². The Balaban J connectivity index is 1.79. The second kappa shape index (κ2) is 7.71. The molecule has 6 nitrogen and oxygen atoms in total. The van der Waals surface area contributed by atoms with E-state index in [1.807, 2.05) is 54.6 Å². The Morgan fingerprint density at radius 2 is 1.47 bits per heavy atom. The molecular formula is C24H23N3O3. The second-order valence-corrected chi connectivity index (χ2v) is 7.76. The van der Waals surface area contributed by atoms with Crippen molar-refractivity contribution in [3.8, 4) is 0 Å². The maximum atomic E-state index is 13.4. The van der Waals surface area contributed by atoms with E-state index in [9.17, 15) is 14.4 Å². The molecule has 1 fully saturated rings. The number of aryl methyl sites for hydroxylation is 1. The predicted molar refractivity (Wildman–Crippen MR) is 114 cm³/mol. The van der Waals surface area contributed by atoms with Crippen molar-refractivity contribution < 1.29 is 14.4 Å². The molecule has 0 N–H and O–H groups in total. The van der Waals surface area contributed by atoms with Crippen LogP contribution in [0.2, 0.25) is 0 Å². The Bertz CT molecular complexity index is 1100. The number of pyridine rings is 1. The van der Waals surface area contributed by atoms with Gasteiger partial charge in [-0.3, -0.25) is 24.4 Å². The van der Waals surface area contributed by atoms with Crippen LogP contribution in [0.15, 0.2) is 67.0 Å². The van der Waals surface area contributed by atoms with Gasteiger partial charge in [0.1, 0.15) is 5.41 Å². The number of amides is 4. The molecule has 0 saturated carbocycles. The molecule has 3 aromatic rings. The number of rotatable bonds is 5. The highest BCUT2D eigenvalue weighted by Gasteiger charge is 2.55. The lowest BCUT2D eigenvalue weighted by molar-refractivity contribution is -0.157. The summed E-state index contributed by atoms with van der Waals surface area (Å²) in [6.07, 6.45) is 4.46. The predicted octanol–water partition coefficient (Wildman–Crippen LogP) is 3.45. The van der Waals surface area contributed by atoms with Gasteiger partial charge in [-0.15, -0.1) is 0 Å². The van der Waals surface area contributed by atoms with Gasteiger partial charge >= 0.3 is 6.03 Å². The number of hydrogen-bond acceptors (Lipinski definition) is 4. The third-order valence-electron chi connectivity index (χ3n) is 5.96. The number of carbonyl (C=O) groups is 3. The summed E-state index contributed by atoms with van der Waals surface area (Å²) in [6.45, 7) is 0. The van der Waals surface area contributed by atoms with E-state index in [4.69, 9.17) is 0 Å². The van der Waals surface area contributed by atoms with Crippen LogP contribution in [0.25, 0.3) is 10.8 Å². The van der Waals surface area contributed by atoms with Crippen molar-refractivity contribution in [3.63, 3.8) is 0 Å². The van der Waals surface area contributed by atoms with Crippen molar-refractivity contribution in [2.75, 3.05) is 14.1 Å². The van der Waals surface area contributed by atoms with Crippen LogP contribution in [0.4, 0.5) is 4.79 Å². The zero-order valence-electron chi connectivity index (χ0n) is 17.0. The van der Waals surface area contributed by atoms with Crippen molar-refractivity contribution in [2.24, 2.45) is 5.41 Å². The van der Waals surface area contributed by atoms with Crippen LogP contribution in [0.3, 0.4) is 0 Å². The monoisotopic (exact) mass is 401 g/mol. The first-order chi connectivity index (χ1) is 14.4. The van der Waals surface area contributed by atoms with Crippen LogP contribution in [-0.2, 0) is 22.4 Å². The highest BCUT2D eigenvalue weighted by Crippen LogP contribution is 2.38. The van der Waals surface area contributed by atoms with E-state index < -0.39 is 23.3 Å². The van der Waals surface area contributed by atoms with E-state index in [1.165, 1.54) is 14.1 Å². The molecule has 2 heterocycles. The molecular weight excluding hydrogens is 378 g/mol. The van der Waals surface area contributed by atoms with E-state index in [1.54, 1.807) is 12.4 Å². The third kappa shape index (κ3) is 3.24. The quantitative estimate of drug-likeness (QED) is 0.614. The summed E-state index contributed by atoms with van der Waals surface area (Å²) in [7, 11) is 2.88. The molecule has 0 aliphatic carbocycles. The summed E-state index contributed by atoms with van der Waals surface area (Å²) < 4.78 is 0. The van der Waals surface area contributed by atoms with Gasteiger partial charge in [0.2, 0.25) is 11.8 Å². The summed E-state index contributed by atoms with van der Waals surface area (Å²) in [5.74, 6) is -0.893. The first-order valence-corrected chi connectivity index (χ1v) is 9.90. The van der Waals surface area contributed by atoms with Gasteiger partial charge in [0.25, 0.3) is 0 Å². The molecule has 0 unspecified atom stereocenters. The molecule has 1 saturated heterocycles. The SMILES string of the molecule is CN1C(=O)N(C)C(=O)C(CCc2ccncc2)(Cc2cccc3ccccc23)C1=O. The summed E-state index contributed by atoms with van der Waals surface area (Å²) in [4.78, 5) is 45.4. The Morgan fingerprint density at radius 1 is 0.833 bits per heavy atom. The fourth-order valence-corrected chi connectivity index (χ4v) is 4.26. The Kier molecular flexibility index (Phi) is 5.08. The van der Waals surface area contributed by atoms with Gasteiger partial charge in [0.05, 0.1) is 0 Å². The largest absolute Gasteiger partial charge is 0.332 e. The van der Waals surface area contributed by atoms with Crippen LogP contribution < -0.4 is 0 Å². The number of imide groups is 2. The Labute approximate surface area is 175 Å². The van der Waals surface area contributed by atoms with E-state index in [2.05, 4.69) is 4.98 Å². The molecule has 0 atom stereocenters. The first kappa shape index (κ1) is 19.8. The van der Waals surface area contributed by atoms with Gasteiger partial charge < -0.3 is 0 Å². The van der Waals surface area contributed by atoms with Crippen molar-refractivity contribution in [1.29, 1.82) is 0 Å². The zero-order valence-corrected chi connectivity index (χ0v) is 17.0. The highest BCUT2D eigenvalue weighted by molar-refractivity contribution is 6.19. The molecule has 30 heavy (non-hydrogen) atoms. The number of nitrogens with zero attached hydrogens (tertiary/aromatic N) is 3. The van der Waals surface area contributed by atoms with Gasteiger partial charge in [0.15, 0.2) is 0 Å². The lowest BCUT2D eigenvalue weighted by Crippen LogP contribution is -2.63. The lowest BCUT2D eigenvalue weighted by Gasteiger charge is -2.42. The van der Waals surface area contributed by atoms with E-state index in [0.29, 0.717) is 12.8 Å². The number of benzene rings is 2. The maximum absolute atomic E-state index is 13.4. The average Bonchev–Trinajstić information content (AvgIpc) is 2.79. The molecule has 1 aliphatic heterocycles. The number of hydrogen-bond donors (Lipinski definition) is 0. The summed E-state index contributed by atoms with van der Waals surface area (Å²) in [6, 6.07) is 17.0. The first-order valence-electron chi connectivity index (χ1n) is 9.90. The topological polar surface area (TPSA) is 70.6 Å². The summed E-state index contributed by atoms with van der Waals surface area (Å²) in [5.41, 5.74) is 0.566. The maximum Gasteiger partial charge on any atom is 0.332 e. The number of fused-ring (bicyclic) bond motifs is 1. The zero-order chi connectivity index (χ0) is 21.3. The molecule has 2 aromatic carbocycles. The summed E-state index contributed by atoms with van der Waals surface area (Å²) >= 11 is 0. The standard InChI is InChI=1S/C24H23N3O3/c1-26-21(28)24(22(29)27(2)23(26)30,13-10-17-11-14-25-15-12-17)16-19-8-5-7-18-6-3-4-9-20(18)19/h3-9,11-12,14-15H,10,13,16H2,1-2H3. The van der Waals surface area contributed by atoms with Crippen LogP contribution in [0, 0.1) is 5.41 Å². The number of carbonyl (C=O) groups excluding carboxylic acids is 3. The Morgan fingerprint density at radius 3 is 2.17 bits per heavy atom. The van der Waals surface area contributed by atoms with Gasteiger partial charge in [-0.25, -0.2) is 4.79 Å². The lowest BCUT2D eigenvalue weighted by atomic mass is 9.73. The van der Waals surface area contributed by atoms with Crippen molar-refractivity contribution in [2.45, 2.75) is 19.3 Å². The van der Waals surface area contributed by atoms with Gasteiger partial charge in [0, 0.05) is 26.5 Å². The number of aromatic nitrogens is 1. The molecule has 0 bridgehead atoms. The molecule has 0 spiro atoms. The normalized spacial score (nSPS) is 16.4. The van der Waals surface area contributed by atoms with E-state index >= 15 is 0 Å². The van der Waals surface area contributed by atoms with E-state index in [-0.39, 0.29) is 6.42 Å².